The van der Waals surface area contributed by atoms with Crippen molar-refractivity contribution in [3.8, 4) is 0 Å². The summed E-state index contributed by atoms with van der Waals surface area (Å²) < 4.78 is 5.21. The molecule has 0 N–H and O–H groups in total. The molecule has 6 rings (SSSR count). The summed E-state index contributed by atoms with van der Waals surface area (Å²) >= 11 is 0. The van der Waals surface area contributed by atoms with Gasteiger partial charge in [0.25, 0.3) is 0 Å². The van der Waals surface area contributed by atoms with Gasteiger partial charge in [0.1, 0.15) is 0 Å². The zero-order valence-electron chi connectivity index (χ0n) is 18.1. The Labute approximate surface area is 178 Å². The van der Waals surface area contributed by atoms with E-state index in [0.29, 0.717) is 0 Å². The third-order valence-corrected chi connectivity index (χ3v) is 7.26. The summed E-state index contributed by atoms with van der Waals surface area (Å²) in [5.74, 6) is 0. The quantitative estimate of drug-likeness (QED) is 0.512. The van der Waals surface area contributed by atoms with E-state index in [4.69, 9.17) is 0 Å². The smallest absolute Gasteiger partial charge is 0.0486 e. The molecule has 0 atom stereocenters. The van der Waals surface area contributed by atoms with Crippen LogP contribution in [-0.4, -0.2) is 46.1 Å². The number of rotatable bonds is 3. The summed E-state index contributed by atoms with van der Waals surface area (Å²) in [6.45, 7) is 6.47. The van der Waals surface area contributed by atoms with Gasteiger partial charge in [-0.25, -0.2) is 0 Å². The van der Waals surface area contributed by atoms with Crippen molar-refractivity contribution in [2.75, 3.05) is 27.2 Å². The van der Waals surface area contributed by atoms with Gasteiger partial charge in [0.15, 0.2) is 0 Å². The van der Waals surface area contributed by atoms with Gasteiger partial charge < -0.3 is 18.9 Å². The van der Waals surface area contributed by atoms with E-state index in [-0.39, 0.29) is 0 Å². The lowest BCUT2D eigenvalue weighted by atomic mass is 10.0. The minimum absolute atomic E-state index is 1.03. The molecule has 0 radical (unpaired) electrons. The monoisotopic (exact) mass is 398 g/mol. The van der Waals surface area contributed by atoms with Crippen molar-refractivity contribution in [3.63, 3.8) is 0 Å². The Balaban J connectivity index is 1.44. The van der Waals surface area contributed by atoms with Crippen LogP contribution in [0.4, 0.5) is 0 Å². The average Bonchev–Trinajstić information content (AvgIpc) is 3.24. The zero-order valence-corrected chi connectivity index (χ0v) is 18.1. The Morgan fingerprint density at radius 2 is 1.07 bits per heavy atom. The number of aromatic nitrogens is 2. The van der Waals surface area contributed by atoms with E-state index >= 15 is 0 Å². The van der Waals surface area contributed by atoms with Crippen molar-refractivity contribution >= 4 is 21.8 Å². The van der Waals surface area contributed by atoms with Crippen LogP contribution >= 0.6 is 0 Å². The van der Waals surface area contributed by atoms with Gasteiger partial charge in [-0.05, 0) is 50.2 Å². The predicted octanol–water partition coefficient (Wildman–Crippen LogP) is 4.27. The number of fused-ring (bicyclic) bond motifs is 6. The van der Waals surface area contributed by atoms with Gasteiger partial charge in [0.2, 0.25) is 0 Å². The highest BCUT2D eigenvalue weighted by Crippen LogP contribution is 2.33. The van der Waals surface area contributed by atoms with Gasteiger partial charge in [0, 0.05) is 72.5 Å². The van der Waals surface area contributed by atoms with E-state index in [0.717, 1.165) is 52.1 Å². The van der Waals surface area contributed by atoms with Gasteiger partial charge in [-0.2, -0.15) is 0 Å². The number of nitrogens with zero attached hydrogens (tertiary/aromatic N) is 4. The fraction of sp³-hybridized carbons (Fsp3) is 0.385. The van der Waals surface area contributed by atoms with Crippen molar-refractivity contribution in [2.24, 2.45) is 0 Å². The standard InChI is InChI=1S/C26H30N4/c1-27-13-11-21-19-7-3-5-9-23(19)29(25(21)17-27)15-16-30-24-10-6-4-8-20(24)22-12-14-28(2)18-26(22)30/h3-10H,11-18H2,1-2H3. The number of aryl methyl sites for hydroxylation is 2. The van der Waals surface area contributed by atoms with Crippen molar-refractivity contribution < 1.29 is 0 Å². The molecular formula is C26H30N4. The molecule has 4 heteroatoms. The fourth-order valence-electron chi connectivity index (χ4n) is 5.76. The first-order chi connectivity index (χ1) is 14.7. The Morgan fingerprint density at radius 1 is 0.633 bits per heavy atom. The van der Waals surface area contributed by atoms with Gasteiger partial charge >= 0.3 is 0 Å². The van der Waals surface area contributed by atoms with Crippen LogP contribution in [0, 0.1) is 0 Å². The highest BCUT2D eigenvalue weighted by Gasteiger charge is 2.24. The number of hydrogen-bond donors (Lipinski definition) is 0. The molecule has 2 aromatic carbocycles. The van der Waals surface area contributed by atoms with E-state index in [1.807, 2.05) is 0 Å². The summed E-state index contributed by atoms with van der Waals surface area (Å²) in [5, 5.41) is 2.92. The number of benzene rings is 2. The molecule has 30 heavy (non-hydrogen) atoms. The molecule has 154 valence electrons. The lowest BCUT2D eigenvalue weighted by Gasteiger charge is -2.26. The molecule has 2 aliphatic rings. The summed E-state index contributed by atoms with van der Waals surface area (Å²) in [7, 11) is 4.49. The molecular weight excluding hydrogens is 368 g/mol. The first-order valence-electron chi connectivity index (χ1n) is 11.3. The van der Waals surface area contributed by atoms with Gasteiger partial charge in [-0.3, -0.25) is 0 Å². The number of likely N-dealkylation sites (N-methyl/N-ethyl adjacent to an activating group) is 2. The molecule has 0 saturated carbocycles. The summed E-state index contributed by atoms with van der Waals surface area (Å²) in [6.07, 6.45) is 2.32. The zero-order chi connectivity index (χ0) is 20.2. The maximum absolute atomic E-state index is 2.61. The predicted molar refractivity (Wildman–Crippen MR) is 124 cm³/mol. The van der Waals surface area contributed by atoms with Crippen LogP contribution in [0.15, 0.2) is 48.5 Å². The molecule has 4 aromatic rings. The molecule has 0 unspecified atom stereocenters. The van der Waals surface area contributed by atoms with E-state index < -0.39 is 0 Å². The first-order valence-corrected chi connectivity index (χ1v) is 11.3. The number of para-hydroxylation sites is 2. The Morgan fingerprint density at radius 3 is 1.53 bits per heavy atom. The average molecular weight is 399 g/mol. The molecule has 0 spiro atoms. The first kappa shape index (κ1) is 18.2. The third-order valence-electron chi connectivity index (χ3n) is 7.26. The lowest BCUT2D eigenvalue weighted by molar-refractivity contribution is 0.297. The van der Waals surface area contributed by atoms with Gasteiger partial charge in [0.05, 0.1) is 0 Å². The molecule has 0 aliphatic carbocycles. The minimum atomic E-state index is 1.03. The summed E-state index contributed by atoms with van der Waals surface area (Å²) in [4.78, 5) is 4.92. The summed E-state index contributed by atoms with van der Waals surface area (Å²) in [5.41, 5.74) is 8.99. The molecule has 0 amide bonds. The second kappa shape index (κ2) is 7.00. The second-order valence-corrected chi connectivity index (χ2v) is 9.16. The van der Waals surface area contributed by atoms with Crippen molar-refractivity contribution in [1.82, 2.24) is 18.9 Å². The van der Waals surface area contributed by atoms with Crippen LogP contribution in [0.1, 0.15) is 22.5 Å². The van der Waals surface area contributed by atoms with Crippen LogP contribution in [0.5, 0.6) is 0 Å². The molecule has 0 fully saturated rings. The van der Waals surface area contributed by atoms with Crippen LogP contribution in [0.3, 0.4) is 0 Å². The molecule has 2 aliphatic heterocycles. The van der Waals surface area contributed by atoms with Crippen LogP contribution in [-0.2, 0) is 39.0 Å². The number of hydrogen-bond acceptors (Lipinski definition) is 2. The topological polar surface area (TPSA) is 16.3 Å². The SMILES string of the molecule is CN1CCc2c(n(CCn3c4c(c5ccccc53)CCN(C)C4)c3ccccc23)C1. The van der Waals surface area contributed by atoms with E-state index in [1.54, 1.807) is 11.1 Å². The molecule has 4 nitrogen and oxygen atoms in total. The van der Waals surface area contributed by atoms with Crippen LogP contribution in [0.2, 0.25) is 0 Å². The highest BCUT2D eigenvalue weighted by atomic mass is 15.2. The third kappa shape index (κ3) is 2.74. The Bertz CT molecular complexity index is 1150. The van der Waals surface area contributed by atoms with Gasteiger partial charge in [-0.1, -0.05) is 36.4 Å². The van der Waals surface area contributed by atoms with E-state index in [1.165, 1.54) is 33.2 Å². The second-order valence-electron chi connectivity index (χ2n) is 9.16. The minimum Gasteiger partial charge on any atom is -0.341 e. The van der Waals surface area contributed by atoms with Crippen LogP contribution < -0.4 is 0 Å². The van der Waals surface area contributed by atoms with Crippen molar-refractivity contribution in [1.29, 1.82) is 0 Å². The van der Waals surface area contributed by atoms with E-state index in [2.05, 4.69) is 81.6 Å². The maximum Gasteiger partial charge on any atom is 0.0486 e. The van der Waals surface area contributed by atoms with Crippen molar-refractivity contribution in [3.05, 3.63) is 71.0 Å². The normalized spacial score (nSPS) is 17.5. The van der Waals surface area contributed by atoms with Gasteiger partial charge in [-0.15, -0.1) is 0 Å². The maximum atomic E-state index is 2.61. The van der Waals surface area contributed by atoms with Crippen molar-refractivity contribution in [2.45, 2.75) is 39.0 Å². The highest BCUT2D eigenvalue weighted by molar-refractivity contribution is 5.87. The summed E-state index contributed by atoms with van der Waals surface area (Å²) in [6, 6.07) is 18.0. The Kier molecular flexibility index (Phi) is 4.25. The largest absolute Gasteiger partial charge is 0.341 e. The van der Waals surface area contributed by atoms with E-state index in [9.17, 15) is 0 Å². The fourth-order valence-corrected chi connectivity index (χ4v) is 5.76. The molecule has 2 aromatic heterocycles. The molecule has 0 bridgehead atoms. The molecule has 0 saturated heterocycles. The Hall–Kier alpha value is -2.56. The lowest BCUT2D eigenvalue weighted by Crippen LogP contribution is -2.29. The molecule has 4 heterocycles. The van der Waals surface area contributed by atoms with Crippen LogP contribution in [0.25, 0.3) is 21.8 Å².